The Morgan fingerprint density at radius 1 is 0.278 bits per heavy atom. The van der Waals surface area contributed by atoms with Gasteiger partial charge in [0.25, 0.3) is 0 Å². The molecule has 328 valence electrons. The molecule has 20 heteroatoms. The van der Waals surface area contributed by atoms with E-state index in [1.54, 1.807) is 42.7 Å². The van der Waals surface area contributed by atoms with Crippen LogP contribution in [-0.2, 0) is 53.1 Å². The molecule has 0 rings (SSSR count). The summed E-state index contributed by atoms with van der Waals surface area (Å²) < 4.78 is 67.7. The fourth-order valence-electron chi connectivity index (χ4n) is 5.69. The van der Waals surface area contributed by atoms with Gasteiger partial charge in [-0.2, -0.15) is 0 Å². The Labute approximate surface area is 334 Å². The third kappa shape index (κ3) is 26.3. The van der Waals surface area contributed by atoms with E-state index < -0.39 is 35.2 Å². The number of rotatable bonds is 40. The molecular weight excluding hydrogens is 769 g/mol. The van der Waals surface area contributed by atoms with Gasteiger partial charge in [-0.05, 0) is 93.4 Å². The summed E-state index contributed by atoms with van der Waals surface area (Å²) >= 11 is 0. The van der Waals surface area contributed by atoms with Crippen LogP contribution in [0.5, 0.6) is 0 Å². The van der Waals surface area contributed by atoms with Gasteiger partial charge in [0.15, 0.2) is 0 Å². The van der Waals surface area contributed by atoms with E-state index in [9.17, 15) is 0 Å². The van der Waals surface area contributed by atoms with E-state index in [2.05, 4.69) is 21.3 Å². The average molecular weight is 853 g/mol. The maximum Gasteiger partial charge on any atom is 0.500 e. The monoisotopic (exact) mass is 853 g/mol. The molecule has 0 unspecified atom stereocenters. The van der Waals surface area contributed by atoms with Crippen LogP contribution in [0.4, 0.5) is 0 Å². The fourth-order valence-corrected chi connectivity index (χ4v) is 14.4. The van der Waals surface area contributed by atoms with Crippen molar-refractivity contribution in [3.05, 3.63) is 0 Å². The SMILES string of the molecule is CCO[Si](CCCNCCNCCC[Si](OCC)(OCC)OCC)(OCC)OCC.CO[Si](CCCNCCNCCC[Si](OC)(OC)OC)(OC)OC. The Hall–Kier alpha value is 0.228. The quantitative estimate of drug-likeness (QED) is 0.0522. The maximum absolute atomic E-state index is 5.89. The summed E-state index contributed by atoms with van der Waals surface area (Å²) in [5, 5.41) is 13.8. The van der Waals surface area contributed by atoms with Crippen molar-refractivity contribution >= 4 is 35.2 Å². The summed E-state index contributed by atoms with van der Waals surface area (Å²) in [4.78, 5) is 0. The van der Waals surface area contributed by atoms with Gasteiger partial charge in [0.1, 0.15) is 0 Å². The largest absolute Gasteiger partial charge is 0.500 e. The Bertz CT molecular complexity index is 689. The van der Waals surface area contributed by atoms with E-state index >= 15 is 0 Å². The lowest BCUT2D eigenvalue weighted by Crippen LogP contribution is -2.46. The van der Waals surface area contributed by atoms with Crippen molar-refractivity contribution in [1.82, 2.24) is 21.3 Å². The van der Waals surface area contributed by atoms with Crippen molar-refractivity contribution in [3.63, 3.8) is 0 Å². The van der Waals surface area contributed by atoms with Crippen molar-refractivity contribution in [3.8, 4) is 0 Å². The Kier molecular flexibility index (Phi) is 39.1. The summed E-state index contributed by atoms with van der Waals surface area (Å²) in [6, 6.07) is 3.33. The van der Waals surface area contributed by atoms with Gasteiger partial charge in [0, 0.05) is 133 Å². The van der Waals surface area contributed by atoms with Crippen LogP contribution < -0.4 is 21.3 Å². The highest BCUT2D eigenvalue weighted by atomic mass is 28.4. The molecule has 0 aromatic rings. The predicted octanol–water partition coefficient (Wildman–Crippen LogP) is 3.74. The Morgan fingerprint density at radius 3 is 0.630 bits per heavy atom. The Balaban J connectivity index is 0. The third-order valence-electron chi connectivity index (χ3n) is 8.35. The molecule has 4 N–H and O–H groups in total. The van der Waals surface area contributed by atoms with Crippen molar-refractivity contribution in [1.29, 1.82) is 0 Å². The van der Waals surface area contributed by atoms with Crippen molar-refractivity contribution in [2.45, 2.75) is 91.4 Å². The van der Waals surface area contributed by atoms with E-state index in [4.69, 9.17) is 53.1 Å². The van der Waals surface area contributed by atoms with E-state index in [-0.39, 0.29) is 0 Å². The zero-order chi connectivity index (χ0) is 40.9. The third-order valence-corrected chi connectivity index (χ3v) is 20.3. The lowest BCUT2D eigenvalue weighted by atomic mass is 10.4. The first-order chi connectivity index (χ1) is 26.1. The highest BCUT2D eigenvalue weighted by Crippen LogP contribution is 2.19. The van der Waals surface area contributed by atoms with E-state index in [1.807, 2.05) is 41.5 Å². The minimum Gasteiger partial charge on any atom is -0.377 e. The lowest BCUT2D eigenvalue weighted by molar-refractivity contribution is 0.0700. The summed E-state index contributed by atoms with van der Waals surface area (Å²) in [6.07, 6.45) is 3.89. The second-order valence-electron chi connectivity index (χ2n) is 12.0. The molecule has 0 aromatic carbocycles. The molecule has 16 nitrogen and oxygen atoms in total. The first-order valence-corrected chi connectivity index (χ1v) is 27.8. The molecule has 0 atom stereocenters. The zero-order valence-corrected chi connectivity index (χ0v) is 40.5. The van der Waals surface area contributed by atoms with Crippen LogP contribution in [0.15, 0.2) is 0 Å². The Morgan fingerprint density at radius 2 is 0.463 bits per heavy atom. The van der Waals surface area contributed by atoms with Gasteiger partial charge < -0.3 is 74.4 Å². The molecular formula is C34H84N4O12Si4. The fraction of sp³-hybridized carbons (Fsp3) is 1.00. The smallest absolute Gasteiger partial charge is 0.377 e. The van der Waals surface area contributed by atoms with Gasteiger partial charge in [-0.1, -0.05) is 0 Å². The molecule has 0 spiro atoms. The number of hydrogen-bond acceptors (Lipinski definition) is 16. The molecule has 0 saturated heterocycles. The first-order valence-electron chi connectivity index (χ1n) is 20.1. The topological polar surface area (TPSA) is 159 Å². The molecule has 0 aliphatic carbocycles. The van der Waals surface area contributed by atoms with Crippen molar-refractivity contribution in [2.75, 3.05) is 135 Å². The van der Waals surface area contributed by atoms with Crippen LogP contribution >= 0.6 is 0 Å². The molecule has 0 aliphatic heterocycles. The average Bonchev–Trinajstić information content (AvgIpc) is 3.17. The highest BCUT2D eigenvalue weighted by Gasteiger charge is 2.41. The van der Waals surface area contributed by atoms with Gasteiger partial charge in [-0.15, -0.1) is 0 Å². The lowest BCUT2D eigenvalue weighted by Gasteiger charge is -2.28. The molecule has 0 fully saturated rings. The summed E-state index contributed by atoms with van der Waals surface area (Å²) in [5.74, 6) is 0. The number of nitrogens with one attached hydrogen (secondary N) is 4. The minimum atomic E-state index is -2.51. The maximum atomic E-state index is 5.89. The molecule has 0 amide bonds. The van der Waals surface area contributed by atoms with E-state index in [0.717, 1.165) is 102 Å². The second-order valence-corrected chi connectivity index (χ2v) is 23.6. The van der Waals surface area contributed by atoms with Crippen LogP contribution in [0.1, 0.15) is 67.2 Å². The van der Waals surface area contributed by atoms with Crippen molar-refractivity contribution in [2.24, 2.45) is 0 Å². The molecule has 0 aromatic heterocycles. The first kappa shape index (κ1) is 56.3. The molecule has 0 radical (unpaired) electrons. The zero-order valence-electron chi connectivity index (χ0n) is 36.5. The van der Waals surface area contributed by atoms with Gasteiger partial charge in [0.05, 0.1) is 0 Å². The predicted molar refractivity (Wildman–Crippen MR) is 224 cm³/mol. The van der Waals surface area contributed by atoms with Gasteiger partial charge >= 0.3 is 35.2 Å². The number of hydrogen-bond donors (Lipinski definition) is 4. The van der Waals surface area contributed by atoms with Crippen LogP contribution in [0, 0.1) is 0 Å². The normalized spacial score (nSPS) is 12.7. The van der Waals surface area contributed by atoms with E-state index in [1.165, 1.54) is 0 Å². The summed E-state index contributed by atoms with van der Waals surface area (Å²) in [5.41, 5.74) is 0. The van der Waals surface area contributed by atoms with E-state index in [0.29, 0.717) is 39.6 Å². The standard InChI is InChI=1S/C20H48N2O6Si2.C14H36N2O6Si2/c1-7-23-29(24-8-2,25-9-3)19-13-15-21-17-18-22-16-14-20-30(26-10-4,27-11-5)28-12-6;1-17-23(18-2,19-3)13-7-9-15-11-12-16-10-8-14-24(20-4,21-5)22-6/h21-22H,7-20H2,1-6H3;15-16H,7-14H2,1-6H3. The molecule has 0 saturated carbocycles. The highest BCUT2D eigenvalue weighted by molar-refractivity contribution is 6.61. The minimum absolute atomic E-state index is 0.629. The second kappa shape index (κ2) is 37.5. The van der Waals surface area contributed by atoms with Gasteiger partial charge in [-0.3, -0.25) is 0 Å². The molecule has 0 bridgehead atoms. The molecule has 0 aliphatic rings. The van der Waals surface area contributed by atoms with Crippen LogP contribution in [0.3, 0.4) is 0 Å². The molecule has 54 heavy (non-hydrogen) atoms. The van der Waals surface area contributed by atoms with Gasteiger partial charge in [-0.25, -0.2) is 0 Å². The van der Waals surface area contributed by atoms with Crippen molar-refractivity contribution < 1.29 is 53.1 Å². The van der Waals surface area contributed by atoms with Crippen LogP contribution in [-0.4, -0.2) is 170 Å². The van der Waals surface area contributed by atoms with Crippen LogP contribution in [0.2, 0.25) is 24.2 Å². The van der Waals surface area contributed by atoms with Crippen LogP contribution in [0.25, 0.3) is 0 Å². The van der Waals surface area contributed by atoms with Gasteiger partial charge in [0.2, 0.25) is 0 Å². The molecule has 0 heterocycles. The summed E-state index contributed by atoms with van der Waals surface area (Å²) in [6.45, 7) is 23.1. The summed E-state index contributed by atoms with van der Waals surface area (Å²) in [7, 11) is 0.00710.